The average molecular weight is 271 g/mol. The van der Waals surface area contributed by atoms with Crippen LogP contribution in [0.3, 0.4) is 0 Å². The van der Waals surface area contributed by atoms with Crippen molar-refractivity contribution in [3.63, 3.8) is 0 Å². The molecular formula is C12H17NO4S. The number of rotatable bonds is 3. The Balaban J connectivity index is 2.80. The van der Waals surface area contributed by atoms with E-state index in [-0.39, 0.29) is 0 Å². The molecule has 0 aliphatic heterocycles. The van der Waals surface area contributed by atoms with Crippen LogP contribution in [0.2, 0.25) is 0 Å². The van der Waals surface area contributed by atoms with Crippen LogP contribution in [-0.2, 0) is 9.53 Å². The Kier molecular flexibility index (Phi) is 4.34. The quantitative estimate of drug-likeness (QED) is 0.886. The lowest BCUT2D eigenvalue weighted by molar-refractivity contribution is -0.139. The molecule has 0 aliphatic carbocycles. The van der Waals surface area contributed by atoms with Crippen LogP contribution < -0.4 is 5.32 Å². The molecule has 6 heteroatoms. The molecule has 0 fully saturated rings. The van der Waals surface area contributed by atoms with Gasteiger partial charge in [0.15, 0.2) is 6.04 Å². The van der Waals surface area contributed by atoms with Crippen LogP contribution in [0.4, 0.5) is 4.79 Å². The SMILES string of the molecule is Cc1ccsc1C(NC(=O)OC(C)(C)C)C(=O)O. The first-order valence-electron chi connectivity index (χ1n) is 5.47. The first-order chi connectivity index (χ1) is 8.20. The van der Waals surface area contributed by atoms with Crippen LogP contribution in [0, 0.1) is 6.92 Å². The fraction of sp³-hybridized carbons (Fsp3) is 0.500. The maximum absolute atomic E-state index is 11.6. The normalized spacial score (nSPS) is 12.9. The van der Waals surface area contributed by atoms with Crippen LogP contribution in [0.1, 0.15) is 37.3 Å². The van der Waals surface area contributed by atoms with Crippen LogP contribution in [-0.4, -0.2) is 22.8 Å². The number of aryl methyl sites for hydroxylation is 1. The molecule has 1 rings (SSSR count). The molecule has 1 aromatic rings. The number of thiophene rings is 1. The zero-order valence-electron chi connectivity index (χ0n) is 10.8. The Morgan fingerprint density at radius 3 is 2.44 bits per heavy atom. The minimum absolute atomic E-state index is 0.605. The molecule has 1 unspecified atom stereocenters. The lowest BCUT2D eigenvalue weighted by Gasteiger charge is -2.21. The highest BCUT2D eigenvalue weighted by atomic mass is 32.1. The molecule has 1 aromatic heterocycles. The Hall–Kier alpha value is -1.56. The van der Waals surface area contributed by atoms with Gasteiger partial charge < -0.3 is 15.2 Å². The number of nitrogens with one attached hydrogen (secondary N) is 1. The van der Waals surface area contributed by atoms with Gasteiger partial charge in [0.25, 0.3) is 0 Å². The minimum Gasteiger partial charge on any atom is -0.479 e. The molecule has 1 heterocycles. The van der Waals surface area contributed by atoms with E-state index in [2.05, 4.69) is 5.32 Å². The van der Waals surface area contributed by atoms with Crippen molar-refractivity contribution in [2.45, 2.75) is 39.3 Å². The van der Waals surface area contributed by atoms with Gasteiger partial charge in [-0.2, -0.15) is 0 Å². The second kappa shape index (κ2) is 5.39. The van der Waals surface area contributed by atoms with E-state index in [0.717, 1.165) is 5.56 Å². The summed E-state index contributed by atoms with van der Waals surface area (Å²) in [7, 11) is 0. The zero-order chi connectivity index (χ0) is 13.9. The molecule has 1 amide bonds. The van der Waals surface area contributed by atoms with Gasteiger partial charge >= 0.3 is 12.1 Å². The molecule has 0 radical (unpaired) electrons. The molecule has 100 valence electrons. The Bertz CT molecular complexity index is 447. The molecule has 0 saturated heterocycles. The summed E-state index contributed by atoms with van der Waals surface area (Å²) < 4.78 is 5.05. The summed E-state index contributed by atoms with van der Waals surface area (Å²) >= 11 is 1.29. The largest absolute Gasteiger partial charge is 0.479 e. The molecule has 1 atom stereocenters. The lowest BCUT2D eigenvalue weighted by atomic mass is 10.1. The van der Waals surface area contributed by atoms with E-state index >= 15 is 0 Å². The molecule has 0 aliphatic rings. The second-order valence-corrected chi connectivity index (χ2v) is 5.83. The predicted molar refractivity (Wildman–Crippen MR) is 68.8 cm³/mol. The summed E-state index contributed by atoms with van der Waals surface area (Å²) in [5.74, 6) is -1.11. The number of carboxylic acids is 1. The maximum Gasteiger partial charge on any atom is 0.408 e. The second-order valence-electron chi connectivity index (χ2n) is 4.89. The van der Waals surface area contributed by atoms with Crippen LogP contribution in [0.25, 0.3) is 0 Å². The van der Waals surface area contributed by atoms with Crippen molar-refractivity contribution in [1.29, 1.82) is 0 Å². The van der Waals surface area contributed by atoms with Crippen molar-refractivity contribution >= 4 is 23.4 Å². The summed E-state index contributed by atoms with van der Waals surface area (Å²) in [6.45, 7) is 6.97. The highest BCUT2D eigenvalue weighted by Gasteiger charge is 2.27. The summed E-state index contributed by atoms with van der Waals surface area (Å²) in [5, 5.41) is 13.3. The van der Waals surface area contributed by atoms with E-state index in [0.29, 0.717) is 4.88 Å². The van der Waals surface area contributed by atoms with Crippen molar-refractivity contribution in [3.8, 4) is 0 Å². The van der Waals surface area contributed by atoms with Gasteiger partial charge in [-0.25, -0.2) is 9.59 Å². The van der Waals surface area contributed by atoms with Gasteiger partial charge in [0.05, 0.1) is 0 Å². The zero-order valence-corrected chi connectivity index (χ0v) is 11.6. The van der Waals surface area contributed by atoms with Crippen LogP contribution in [0.15, 0.2) is 11.4 Å². The van der Waals surface area contributed by atoms with E-state index in [4.69, 9.17) is 9.84 Å². The fourth-order valence-electron chi connectivity index (χ4n) is 1.35. The van der Waals surface area contributed by atoms with Crippen molar-refractivity contribution < 1.29 is 19.4 Å². The van der Waals surface area contributed by atoms with Crippen LogP contribution >= 0.6 is 11.3 Å². The van der Waals surface area contributed by atoms with Gasteiger partial charge in [0.2, 0.25) is 0 Å². The number of carbonyl (C=O) groups excluding carboxylic acids is 1. The van der Waals surface area contributed by atoms with Gasteiger partial charge in [-0.1, -0.05) is 0 Å². The third-order valence-corrected chi connectivity index (χ3v) is 3.16. The number of alkyl carbamates (subject to hydrolysis) is 1. The number of carbonyl (C=O) groups is 2. The Morgan fingerprint density at radius 1 is 1.44 bits per heavy atom. The number of ether oxygens (including phenoxy) is 1. The highest BCUT2D eigenvalue weighted by molar-refractivity contribution is 7.10. The fourth-order valence-corrected chi connectivity index (χ4v) is 2.31. The van der Waals surface area contributed by atoms with Crippen molar-refractivity contribution in [2.24, 2.45) is 0 Å². The Morgan fingerprint density at radius 2 is 2.06 bits per heavy atom. The Labute approximate surface area is 110 Å². The van der Waals surface area contributed by atoms with Crippen molar-refractivity contribution in [3.05, 3.63) is 21.9 Å². The number of amides is 1. The third-order valence-electron chi connectivity index (χ3n) is 2.07. The number of carboxylic acid groups (broad SMARTS) is 1. The summed E-state index contributed by atoms with van der Waals surface area (Å²) in [6, 6.07) is 0.743. The average Bonchev–Trinajstić information content (AvgIpc) is 2.57. The molecule has 5 nitrogen and oxygen atoms in total. The van der Waals surface area contributed by atoms with Crippen LogP contribution in [0.5, 0.6) is 0 Å². The third kappa shape index (κ3) is 4.03. The topological polar surface area (TPSA) is 75.6 Å². The molecule has 0 bridgehead atoms. The van der Waals surface area contributed by atoms with E-state index in [1.165, 1.54) is 11.3 Å². The molecule has 2 N–H and O–H groups in total. The molecule has 18 heavy (non-hydrogen) atoms. The van der Waals surface area contributed by atoms with Gasteiger partial charge in [-0.15, -0.1) is 11.3 Å². The monoisotopic (exact) mass is 271 g/mol. The molecular weight excluding hydrogens is 254 g/mol. The first-order valence-corrected chi connectivity index (χ1v) is 6.35. The van der Waals surface area contributed by atoms with Crippen molar-refractivity contribution in [1.82, 2.24) is 5.32 Å². The number of aliphatic carboxylic acids is 1. The maximum atomic E-state index is 11.6. The smallest absolute Gasteiger partial charge is 0.408 e. The molecule has 0 aromatic carbocycles. The molecule has 0 saturated carbocycles. The summed E-state index contributed by atoms with van der Waals surface area (Å²) in [4.78, 5) is 23.4. The number of hydrogen-bond acceptors (Lipinski definition) is 4. The highest BCUT2D eigenvalue weighted by Crippen LogP contribution is 2.24. The lowest BCUT2D eigenvalue weighted by Crippen LogP contribution is -2.37. The molecule has 0 spiro atoms. The van der Waals surface area contributed by atoms with E-state index < -0.39 is 23.7 Å². The predicted octanol–water partition coefficient (Wildman–Crippen LogP) is 2.71. The summed E-state index contributed by atoms with van der Waals surface area (Å²) in [5.41, 5.74) is 0.181. The minimum atomic E-state index is -1.11. The standard InChI is InChI=1S/C12H17NO4S/c1-7-5-6-18-9(7)8(10(14)15)13-11(16)17-12(2,3)4/h5-6,8H,1-4H3,(H,13,16)(H,14,15). The van der Waals surface area contributed by atoms with Crippen molar-refractivity contribution in [2.75, 3.05) is 0 Å². The van der Waals surface area contributed by atoms with E-state index in [1.54, 1.807) is 33.1 Å². The van der Waals surface area contributed by atoms with Gasteiger partial charge in [0.1, 0.15) is 5.60 Å². The first kappa shape index (κ1) is 14.5. The number of hydrogen-bond donors (Lipinski definition) is 2. The summed E-state index contributed by atoms with van der Waals surface area (Å²) in [6.07, 6.45) is -0.734. The van der Waals surface area contributed by atoms with Gasteiger partial charge in [-0.3, -0.25) is 0 Å². The van der Waals surface area contributed by atoms with E-state index in [9.17, 15) is 9.59 Å². The van der Waals surface area contributed by atoms with E-state index in [1.807, 2.05) is 6.07 Å². The van der Waals surface area contributed by atoms with Gasteiger partial charge in [-0.05, 0) is 44.7 Å². The van der Waals surface area contributed by atoms with Gasteiger partial charge in [0, 0.05) is 4.88 Å².